The lowest BCUT2D eigenvalue weighted by Crippen LogP contribution is -2.15. The fourth-order valence-electron chi connectivity index (χ4n) is 8.87. The summed E-state index contributed by atoms with van der Waals surface area (Å²) in [6, 6.07) is 54.3. The van der Waals surface area contributed by atoms with Gasteiger partial charge >= 0.3 is 0 Å². The Morgan fingerprint density at radius 2 is 0.957 bits per heavy atom. The molecule has 0 bridgehead atoms. The van der Waals surface area contributed by atoms with Crippen molar-refractivity contribution in [3.63, 3.8) is 0 Å². The van der Waals surface area contributed by atoms with E-state index in [1.54, 1.807) is 0 Å². The molecule has 3 heterocycles. The number of para-hydroxylation sites is 3. The van der Waals surface area contributed by atoms with Gasteiger partial charge in [-0.05, 0) is 81.9 Å². The van der Waals surface area contributed by atoms with E-state index in [9.17, 15) is 0 Å². The van der Waals surface area contributed by atoms with Crippen molar-refractivity contribution in [2.24, 2.45) is 0 Å². The quantitative estimate of drug-likeness (QED) is 0.187. The van der Waals surface area contributed by atoms with Gasteiger partial charge in [0.2, 0.25) is 0 Å². The maximum absolute atomic E-state index is 2.45. The molecule has 1 aliphatic rings. The first-order chi connectivity index (χ1) is 23.1. The molecule has 0 spiro atoms. The molecule has 3 aromatic heterocycles. The minimum absolute atomic E-state index is 0.0427. The summed E-state index contributed by atoms with van der Waals surface area (Å²) in [6.45, 7) is 4.71. The zero-order chi connectivity index (χ0) is 31.0. The normalized spacial score (nSPS) is 13.9. The molecule has 0 amide bonds. The summed E-state index contributed by atoms with van der Waals surface area (Å²) in [7, 11) is 0. The second-order valence-corrected chi connectivity index (χ2v) is 13.8. The number of fused-ring (bicyclic) bond motifs is 12. The summed E-state index contributed by atoms with van der Waals surface area (Å²) in [4.78, 5) is 0. The standard InChI is InChI=1S/C45H30N2/c1-45(2)38-15-6-3-10-30(38)31-21-20-29(26-39(31)45)46-40-16-7-5-12-33(40)36-24-27(18-22-42(36)46)28-19-23-43-37(25-28)35-14-9-13-34-32-11-4-8-17-41(32)47(43)44(34)35/h3-26H,1-2H3. The van der Waals surface area contributed by atoms with Gasteiger partial charge < -0.3 is 8.97 Å². The molecule has 11 rings (SSSR count). The Balaban J connectivity index is 1.11. The molecule has 2 nitrogen and oxygen atoms in total. The molecule has 47 heavy (non-hydrogen) atoms. The Labute approximate surface area is 272 Å². The van der Waals surface area contributed by atoms with Crippen molar-refractivity contribution >= 4 is 59.9 Å². The Bertz CT molecular complexity index is 2930. The van der Waals surface area contributed by atoms with Crippen LogP contribution in [0.2, 0.25) is 0 Å². The van der Waals surface area contributed by atoms with E-state index in [4.69, 9.17) is 0 Å². The largest absolute Gasteiger partial charge is 0.309 e. The van der Waals surface area contributed by atoms with E-state index in [2.05, 4.69) is 168 Å². The number of benzene rings is 7. The Morgan fingerprint density at radius 1 is 0.404 bits per heavy atom. The van der Waals surface area contributed by atoms with Crippen LogP contribution in [0.4, 0.5) is 0 Å². The number of nitrogens with zero attached hydrogens (tertiary/aromatic N) is 2. The van der Waals surface area contributed by atoms with E-state index in [1.165, 1.54) is 99.0 Å². The number of hydrogen-bond acceptors (Lipinski definition) is 0. The van der Waals surface area contributed by atoms with Crippen LogP contribution in [-0.4, -0.2) is 8.97 Å². The predicted octanol–water partition coefficient (Wildman–Crippen LogP) is 11.9. The lowest BCUT2D eigenvalue weighted by atomic mass is 9.82. The van der Waals surface area contributed by atoms with Crippen molar-refractivity contribution in [3.8, 4) is 27.9 Å². The first-order valence-electron chi connectivity index (χ1n) is 16.5. The number of rotatable bonds is 2. The molecule has 2 heteroatoms. The van der Waals surface area contributed by atoms with Crippen LogP contribution >= 0.6 is 0 Å². The fourth-order valence-corrected chi connectivity index (χ4v) is 8.87. The van der Waals surface area contributed by atoms with Crippen molar-refractivity contribution in [1.82, 2.24) is 8.97 Å². The maximum Gasteiger partial charge on any atom is 0.0620 e. The highest BCUT2D eigenvalue weighted by atomic mass is 15.0. The first-order valence-corrected chi connectivity index (χ1v) is 16.5. The maximum atomic E-state index is 2.45. The van der Waals surface area contributed by atoms with Gasteiger partial charge in [-0.15, -0.1) is 0 Å². The highest BCUT2D eigenvalue weighted by molar-refractivity contribution is 6.23. The highest BCUT2D eigenvalue weighted by Crippen LogP contribution is 2.49. The van der Waals surface area contributed by atoms with Crippen molar-refractivity contribution in [2.75, 3.05) is 0 Å². The summed E-state index contributed by atoms with van der Waals surface area (Å²) in [5, 5.41) is 7.82. The Morgan fingerprint density at radius 3 is 1.77 bits per heavy atom. The van der Waals surface area contributed by atoms with E-state index in [0.717, 1.165) is 0 Å². The zero-order valence-corrected chi connectivity index (χ0v) is 26.3. The molecular formula is C45H30N2. The van der Waals surface area contributed by atoms with Gasteiger partial charge in [0, 0.05) is 43.4 Å². The third-order valence-corrected chi connectivity index (χ3v) is 11.1. The van der Waals surface area contributed by atoms with E-state index in [-0.39, 0.29) is 5.41 Å². The molecule has 1 aliphatic carbocycles. The van der Waals surface area contributed by atoms with Gasteiger partial charge in [0.1, 0.15) is 0 Å². The van der Waals surface area contributed by atoms with Gasteiger partial charge in [0.15, 0.2) is 0 Å². The molecule has 0 atom stereocenters. The summed E-state index contributed by atoms with van der Waals surface area (Å²) < 4.78 is 4.90. The van der Waals surface area contributed by atoms with Crippen LogP contribution in [0, 0.1) is 0 Å². The van der Waals surface area contributed by atoms with Crippen LogP contribution in [0.1, 0.15) is 25.0 Å². The molecule has 0 aliphatic heterocycles. The molecule has 0 fully saturated rings. The smallest absolute Gasteiger partial charge is 0.0620 e. The molecule has 220 valence electrons. The molecule has 10 aromatic rings. The monoisotopic (exact) mass is 598 g/mol. The molecule has 0 saturated heterocycles. The fraction of sp³-hybridized carbons (Fsp3) is 0.0667. The van der Waals surface area contributed by atoms with Gasteiger partial charge in [-0.2, -0.15) is 0 Å². The van der Waals surface area contributed by atoms with E-state index >= 15 is 0 Å². The SMILES string of the molecule is CC1(C)c2ccccc2-c2ccc(-n3c4ccccc4c4cc(-c5ccc6c(c5)c5cccc7c8ccccc8n6c75)ccc43)cc21. The summed E-state index contributed by atoms with van der Waals surface area (Å²) in [6.07, 6.45) is 0. The van der Waals surface area contributed by atoms with Crippen LogP contribution in [0.3, 0.4) is 0 Å². The summed E-state index contributed by atoms with van der Waals surface area (Å²) in [5.41, 5.74) is 15.5. The molecule has 0 N–H and O–H groups in total. The van der Waals surface area contributed by atoms with E-state index < -0.39 is 0 Å². The number of aromatic nitrogens is 2. The van der Waals surface area contributed by atoms with Crippen molar-refractivity contribution in [2.45, 2.75) is 19.3 Å². The second kappa shape index (κ2) is 8.69. The van der Waals surface area contributed by atoms with Gasteiger partial charge in [-0.3, -0.25) is 0 Å². The molecule has 0 saturated carbocycles. The lowest BCUT2D eigenvalue weighted by molar-refractivity contribution is 0.660. The van der Waals surface area contributed by atoms with Crippen LogP contribution in [-0.2, 0) is 5.41 Å². The van der Waals surface area contributed by atoms with Gasteiger partial charge in [0.25, 0.3) is 0 Å². The predicted molar refractivity (Wildman–Crippen MR) is 198 cm³/mol. The topological polar surface area (TPSA) is 9.34 Å². The van der Waals surface area contributed by atoms with E-state index in [0.29, 0.717) is 0 Å². The van der Waals surface area contributed by atoms with Gasteiger partial charge in [0.05, 0.1) is 27.6 Å². The minimum atomic E-state index is -0.0427. The highest BCUT2D eigenvalue weighted by Gasteiger charge is 2.35. The molecule has 0 radical (unpaired) electrons. The van der Waals surface area contributed by atoms with Gasteiger partial charge in [-0.1, -0.05) is 111 Å². The van der Waals surface area contributed by atoms with Crippen LogP contribution in [0.5, 0.6) is 0 Å². The minimum Gasteiger partial charge on any atom is -0.309 e. The third-order valence-electron chi connectivity index (χ3n) is 11.1. The van der Waals surface area contributed by atoms with Crippen molar-refractivity contribution < 1.29 is 0 Å². The molecule has 0 unspecified atom stereocenters. The molecular weight excluding hydrogens is 569 g/mol. The average Bonchev–Trinajstić information content (AvgIpc) is 3.81. The Kier molecular flexibility index (Phi) is 4.68. The lowest BCUT2D eigenvalue weighted by Gasteiger charge is -2.22. The van der Waals surface area contributed by atoms with Crippen molar-refractivity contribution in [1.29, 1.82) is 0 Å². The Hall–Kier alpha value is -5.86. The van der Waals surface area contributed by atoms with Crippen molar-refractivity contribution in [3.05, 3.63) is 157 Å². The molecule has 7 aromatic carbocycles. The zero-order valence-electron chi connectivity index (χ0n) is 26.3. The van der Waals surface area contributed by atoms with E-state index in [1.807, 2.05) is 0 Å². The first kappa shape index (κ1) is 25.3. The van der Waals surface area contributed by atoms with Crippen LogP contribution in [0.15, 0.2) is 146 Å². The average molecular weight is 599 g/mol. The second-order valence-electron chi connectivity index (χ2n) is 13.8. The van der Waals surface area contributed by atoms with Crippen LogP contribution < -0.4 is 0 Å². The summed E-state index contributed by atoms with van der Waals surface area (Å²) in [5.74, 6) is 0. The summed E-state index contributed by atoms with van der Waals surface area (Å²) >= 11 is 0. The van der Waals surface area contributed by atoms with Crippen LogP contribution in [0.25, 0.3) is 87.8 Å². The number of hydrogen-bond donors (Lipinski definition) is 0. The van der Waals surface area contributed by atoms with Gasteiger partial charge in [-0.25, -0.2) is 0 Å². The third kappa shape index (κ3) is 3.15.